The Labute approximate surface area is 112 Å². The molecule has 7 atom stereocenters. The highest BCUT2D eigenvalue weighted by molar-refractivity contribution is 5.14. The predicted molar refractivity (Wildman–Crippen MR) is 75.1 cm³/mol. The average Bonchev–Trinajstić information content (AvgIpc) is 2.99. The van der Waals surface area contributed by atoms with Crippen molar-refractivity contribution in [2.24, 2.45) is 41.2 Å². The van der Waals surface area contributed by atoms with Crippen molar-refractivity contribution in [3.8, 4) is 0 Å². The molecule has 2 N–H and O–H groups in total. The van der Waals surface area contributed by atoms with Crippen LogP contribution in [0.1, 0.15) is 64.7 Å². The van der Waals surface area contributed by atoms with Gasteiger partial charge in [-0.15, -0.1) is 0 Å². The van der Waals surface area contributed by atoms with Crippen LogP contribution in [-0.2, 0) is 0 Å². The average molecular weight is 247 g/mol. The van der Waals surface area contributed by atoms with Crippen LogP contribution in [0, 0.1) is 35.5 Å². The van der Waals surface area contributed by atoms with E-state index in [1.807, 2.05) is 0 Å². The van der Waals surface area contributed by atoms with Gasteiger partial charge in [0.1, 0.15) is 0 Å². The smallest absolute Gasteiger partial charge is 0.0217 e. The minimum Gasteiger partial charge on any atom is -0.325 e. The molecule has 0 heterocycles. The zero-order chi connectivity index (χ0) is 12.3. The molecule has 2 bridgehead atoms. The summed E-state index contributed by atoms with van der Waals surface area (Å²) in [6.45, 7) is 2.45. The summed E-state index contributed by atoms with van der Waals surface area (Å²) in [5, 5.41) is 0. The lowest BCUT2D eigenvalue weighted by Crippen LogP contribution is -2.55. The van der Waals surface area contributed by atoms with Gasteiger partial charge in [-0.25, -0.2) is 0 Å². The summed E-state index contributed by atoms with van der Waals surface area (Å²) in [6, 6.07) is 0. The van der Waals surface area contributed by atoms with Crippen molar-refractivity contribution in [2.75, 3.05) is 0 Å². The lowest BCUT2D eigenvalue weighted by Gasteiger charge is -2.47. The van der Waals surface area contributed by atoms with Crippen molar-refractivity contribution in [3.63, 3.8) is 0 Å². The molecule has 0 aromatic heterocycles. The molecule has 4 saturated carbocycles. The monoisotopic (exact) mass is 247 g/mol. The van der Waals surface area contributed by atoms with Gasteiger partial charge in [-0.05, 0) is 74.0 Å². The number of rotatable bonds is 1. The Morgan fingerprint density at radius 2 is 1.72 bits per heavy atom. The molecule has 18 heavy (non-hydrogen) atoms. The van der Waals surface area contributed by atoms with E-state index in [9.17, 15) is 0 Å². The molecule has 0 aromatic carbocycles. The van der Waals surface area contributed by atoms with Crippen molar-refractivity contribution >= 4 is 0 Å². The molecule has 4 aliphatic carbocycles. The van der Waals surface area contributed by atoms with Gasteiger partial charge in [-0.3, -0.25) is 0 Å². The van der Waals surface area contributed by atoms with E-state index in [1.165, 1.54) is 57.8 Å². The van der Waals surface area contributed by atoms with E-state index in [4.69, 9.17) is 5.73 Å². The molecule has 0 aliphatic heterocycles. The number of hydrogen-bond acceptors (Lipinski definition) is 1. The first-order valence-electron chi connectivity index (χ1n) is 8.47. The minimum absolute atomic E-state index is 0.255. The maximum atomic E-state index is 7.04. The van der Waals surface area contributed by atoms with Crippen LogP contribution in [0.3, 0.4) is 0 Å². The first kappa shape index (κ1) is 11.8. The third kappa shape index (κ3) is 1.49. The first-order valence-corrected chi connectivity index (χ1v) is 8.47. The Morgan fingerprint density at radius 3 is 2.56 bits per heavy atom. The number of fused-ring (bicyclic) bond motifs is 5. The van der Waals surface area contributed by atoms with Crippen LogP contribution in [0.4, 0.5) is 0 Å². The van der Waals surface area contributed by atoms with Crippen LogP contribution in [0.5, 0.6) is 0 Å². The second-order valence-corrected chi connectivity index (χ2v) is 8.15. The van der Waals surface area contributed by atoms with Gasteiger partial charge in [0.2, 0.25) is 0 Å². The molecular formula is C17H29N. The molecule has 4 rings (SSSR count). The minimum atomic E-state index is 0.255. The van der Waals surface area contributed by atoms with Gasteiger partial charge in [0.05, 0.1) is 0 Å². The highest BCUT2D eigenvalue weighted by atomic mass is 14.9. The molecule has 4 fully saturated rings. The summed E-state index contributed by atoms with van der Waals surface area (Å²) in [5.74, 6) is 5.84. The van der Waals surface area contributed by atoms with Crippen LogP contribution < -0.4 is 5.73 Å². The molecule has 0 aromatic rings. The van der Waals surface area contributed by atoms with Gasteiger partial charge in [0, 0.05) is 5.54 Å². The molecule has 0 saturated heterocycles. The molecule has 1 nitrogen and oxygen atoms in total. The Balaban J connectivity index is 1.57. The summed E-state index contributed by atoms with van der Waals surface area (Å²) in [7, 11) is 0. The van der Waals surface area contributed by atoms with Gasteiger partial charge in [-0.2, -0.15) is 0 Å². The van der Waals surface area contributed by atoms with E-state index in [1.54, 1.807) is 0 Å². The Hall–Kier alpha value is -0.0400. The van der Waals surface area contributed by atoms with Gasteiger partial charge in [0.15, 0.2) is 0 Å². The standard InChI is InChI=1S/C17H29N/c1-11-4-2-5-13(8-11)17(18)10-12-9-16(17)15-7-3-6-14(12)15/h11-16H,2-10,18H2,1H3. The highest BCUT2D eigenvalue weighted by Gasteiger charge is 2.61. The van der Waals surface area contributed by atoms with E-state index in [0.29, 0.717) is 0 Å². The van der Waals surface area contributed by atoms with E-state index < -0.39 is 0 Å². The molecule has 102 valence electrons. The van der Waals surface area contributed by atoms with Crippen LogP contribution in [0.2, 0.25) is 0 Å². The molecule has 4 aliphatic rings. The number of hydrogen-bond donors (Lipinski definition) is 1. The van der Waals surface area contributed by atoms with Crippen LogP contribution in [0.25, 0.3) is 0 Å². The Morgan fingerprint density at radius 1 is 0.944 bits per heavy atom. The molecule has 1 heteroatoms. The fourth-order valence-corrected chi connectivity index (χ4v) is 6.63. The third-order valence-electron chi connectivity index (χ3n) is 7.31. The summed E-state index contributed by atoms with van der Waals surface area (Å²) < 4.78 is 0. The second-order valence-electron chi connectivity index (χ2n) is 8.15. The van der Waals surface area contributed by atoms with E-state index in [0.717, 1.165) is 35.5 Å². The Bertz CT molecular complexity index is 339. The fraction of sp³-hybridized carbons (Fsp3) is 1.00. The van der Waals surface area contributed by atoms with Crippen molar-refractivity contribution < 1.29 is 0 Å². The Kier molecular flexibility index (Phi) is 2.60. The zero-order valence-corrected chi connectivity index (χ0v) is 11.9. The quantitative estimate of drug-likeness (QED) is 0.745. The van der Waals surface area contributed by atoms with Crippen molar-refractivity contribution in [3.05, 3.63) is 0 Å². The lowest BCUT2D eigenvalue weighted by atomic mass is 9.61. The zero-order valence-electron chi connectivity index (χ0n) is 11.9. The normalized spacial score (nSPS) is 59.0. The summed E-state index contributed by atoms with van der Waals surface area (Å²) >= 11 is 0. The lowest BCUT2D eigenvalue weighted by molar-refractivity contribution is 0.0689. The summed E-state index contributed by atoms with van der Waals surface area (Å²) in [6.07, 6.45) is 13.2. The first-order chi connectivity index (χ1) is 8.68. The van der Waals surface area contributed by atoms with Crippen LogP contribution >= 0.6 is 0 Å². The third-order valence-corrected chi connectivity index (χ3v) is 7.31. The van der Waals surface area contributed by atoms with Gasteiger partial charge in [-0.1, -0.05) is 26.2 Å². The van der Waals surface area contributed by atoms with Gasteiger partial charge < -0.3 is 5.73 Å². The van der Waals surface area contributed by atoms with E-state index in [-0.39, 0.29) is 5.54 Å². The molecule has 0 radical (unpaired) electrons. The summed E-state index contributed by atoms with van der Waals surface area (Å²) in [5.41, 5.74) is 7.29. The van der Waals surface area contributed by atoms with Gasteiger partial charge >= 0.3 is 0 Å². The molecular weight excluding hydrogens is 218 g/mol. The predicted octanol–water partition coefficient (Wildman–Crippen LogP) is 3.97. The topological polar surface area (TPSA) is 26.0 Å². The van der Waals surface area contributed by atoms with Crippen molar-refractivity contribution in [2.45, 2.75) is 70.3 Å². The van der Waals surface area contributed by atoms with Crippen molar-refractivity contribution in [1.82, 2.24) is 0 Å². The maximum absolute atomic E-state index is 7.04. The van der Waals surface area contributed by atoms with E-state index >= 15 is 0 Å². The van der Waals surface area contributed by atoms with Crippen LogP contribution in [-0.4, -0.2) is 5.54 Å². The van der Waals surface area contributed by atoms with Crippen molar-refractivity contribution in [1.29, 1.82) is 0 Å². The summed E-state index contributed by atoms with van der Waals surface area (Å²) in [4.78, 5) is 0. The highest BCUT2D eigenvalue weighted by Crippen LogP contribution is 2.64. The second kappa shape index (κ2) is 3.98. The molecule has 7 unspecified atom stereocenters. The van der Waals surface area contributed by atoms with E-state index in [2.05, 4.69) is 6.92 Å². The van der Waals surface area contributed by atoms with Gasteiger partial charge in [0.25, 0.3) is 0 Å². The maximum Gasteiger partial charge on any atom is 0.0217 e. The number of nitrogens with two attached hydrogens (primary N) is 1. The largest absolute Gasteiger partial charge is 0.325 e. The molecule has 0 amide bonds. The fourth-order valence-electron chi connectivity index (χ4n) is 6.63. The SMILES string of the molecule is CC1CCCC(C2(N)CC3CC2C2CCCC32)C1. The molecule has 0 spiro atoms. The van der Waals surface area contributed by atoms with Crippen LogP contribution in [0.15, 0.2) is 0 Å².